The Kier molecular flexibility index (Phi) is 8.74. The first kappa shape index (κ1) is 39.4. The largest absolute Gasteiger partial charge is 0.307 e. The molecular formula is C56H44N10. The highest BCUT2D eigenvalue weighted by Crippen LogP contribution is 2.52. The second kappa shape index (κ2) is 14.6. The lowest BCUT2D eigenvalue weighted by Crippen LogP contribution is -2.18. The van der Waals surface area contributed by atoms with Crippen molar-refractivity contribution in [2.24, 2.45) is 0 Å². The van der Waals surface area contributed by atoms with Gasteiger partial charge in [-0.2, -0.15) is 0 Å². The van der Waals surface area contributed by atoms with Crippen LogP contribution in [-0.2, 0) is 10.8 Å². The Balaban J connectivity index is 1.21. The number of pyridine rings is 8. The van der Waals surface area contributed by atoms with Crippen LogP contribution in [0.3, 0.4) is 0 Å². The zero-order chi connectivity index (χ0) is 44.9. The summed E-state index contributed by atoms with van der Waals surface area (Å²) in [6.07, 6.45) is 15.0. The SMILES string of the molecule is CC(C)(C)c1cc(N(c2cnc3cccnc3c2)c2cnc3cccnc3c2)c2ccc3c(C(C)(C)C)cc(N(c4cnc5cccnc5c4)c4cnc5cccnc5c4)c4ccc1c2c43. The van der Waals surface area contributed by atoms with Crippen molar-refractivity contribution in [3.8, 4) is 0 Å². The predicted molar refractivity (Wildman–Crippen MR) is 269 cm³/mol. The molecule has 0 aliphatic heterocycles. The Bertz CT molecular complexity index is 3480. The van der Waals surface area contributed by atoms with Crippen LogP contribution in [0, 0.1) is 0 Å². The summed E-state index contributed by atoms with van der Waals surface area (Å²) in [7, 11) is 0. The average molecular weight is 857 g/mol. The van der Waals surface area contributed by atoms with Gasteiger partial charge in [-0.1, -0.05) is 65.8 Å². The van der Waals surface area contributed by atoms with E-state index in [0.717, 1.165) is 89.0 Å². The van der Waals surface area contributed by atoms with E-state index in [0.29, 0.717) is 0 Å². The first-order chi connectivity index (χ1) is 32.0. The van der Waals surface area contributed by atoms with Crippen LogP contribution in [0.15, 0.2) is 159 Å². The molecule has 0 unspecified atom stereocenters. The maximum Gasteiger partial charge on any atom is 0.0907 e. The van der Waals surface area contributed by atoms with Crippen LogP contribution in [0.5, 0.6) is 0 Å². The number of fused-ring (bicyclic) bond motifs is 4. The third-order valence-corrected chi connectivity index (χ3v) is 12.7. The van der Waals surface area contributed by atoms with Gasteiger partial charge in [0.2, 0.25) is 0 Å². The molecule has 4 aromatic carbocycles. The molecule has 0 saturated heterocycles. The molecule has 10 nitrogen and oxygen atoms in total. The number of benzene rings is 4. The minimum atomic E-state index is -0.246. The van der Waals surface area contributed by atoms with Gasteiger partial charge >= 0.3 is 0 Å². The third kappa shape index (κ3) is 6.39. The summed E-state index contributed by atoms with van der Waals surface area (Å²) in [6, 6.07) is 38.1. The van der Waals surface area contributed by atoms with E-state index in [1.54, 1.807) is 0 Å². The molecule has 0 saturated carbocycles. The topological polar surface area (TPSA) is 110 Å². The second-order valence-corrected chi connectivity index (χ2v) is 19.1. The quantitative estimate of drug-likeness (QED) is 0.150. The van der Waals surface area contributed by atoms with E-state index in [1.165, 1.54) is 32.7 Å². The lowest BCUT2D eigenvalue weighted by atomic mass is 9.77. The van der Waals surface area contributed by atoms with Crippen molar-refractivity contribution in [2.45, 2.75) is 52.4 Å². The van der Waals surface area contributed by atoms with E-state index in [2.05, 4.69) is 112 Å². The van der Waals surface area contributed by atoms with Crippen LogP contribution in [0.2, 0.25) is 0 Å². The van der Waals surface area contributed by atoms with Gasteiger partial charge in [-0.05, 0) is 128 Å². The monoisotopic (exact) mass is 856 g/mol. The van der Waals surface area contributed by atoms with Gasteiger partial charge in [0.05, 0.1) is 103 Å². The molecule has 66 heavy (non-hydrogen) atoms. The van der Waals surface area contributed by atoms with Crippen LogP contribution in [0.1, 0.15) is 52.7 Å². The zero-order valence-corrected chi connectivity index (χ0v) is 37.5. The van der Waals surface area contributed by atoms with Crippen molar-refractivity contribution in [2.75, 3.05) is 9.80 Å². The van der Waals surface area contributed by atoms with Gasteiger partial charge < -0.3 is 9.80 Å². The van der Waals surface area contributed by atoms with E-state index in [9.17, 15) is 0 Å². The molecule has 8 heterocycles. The average Bonchev–Trinajstić information content (AvgIpc) is 3.33. The van der Waals surface area contributed by atoms with Gasteiger partial charge in [-0.25, -0.2) is 0 Å². The fraction of sp³-hybridized carbons (Fsp3) is 0.143. The molecule has 0 amide bonds. The minimum Gasteiger partial charge on any atom is -0.307 e. The predicted octanol–water partition coefficient (Wildman–Crippen LogP) is 13.9. The summed E-state index contributed by atoms with van der Waals surface area (Å²) in [5, 5.41) is 6.95. The van der Waals surface area contributed by atoms with Crippen molar-refractivity contribution < 1.29 is 0 Å². The van der Waals surface area contributed by atoms with Crippen LogP contribution in [0.25, 0.3) is 76.5 Å². The van der Waals surface area contributed by atoms with E-state index < -0.39 is 0 Å². The van der Waals surface area contributed by atoms with E-state index >= 15 is 0 Å². The molecular weight excluding hydrogens is 813 g/mol. The van der Waals surface area contributed by atoms with Gasteiger partial charge in [0.25, 0.3) is 0 Å². The van der Waals surface area contributed by atoms with Crippen molar-refractivity contribution in [1.82, 2.24) is 39.9 Å². The molecule has 8 aromatic heterocycles. The normalized spacial score (nSPS) is 12.4. The van der Waals surface area contributed by atoms with Crippen LogP contribution >= 0.6 is 0 Å². The molecule has 0 N–H and O–H groups in total. The zero-order valence-electron chi connectivity index (χ0n) is 37.5. The van der Waals surface area contributed by atoms with Gasteiger partial charge in [0.15, 0.2) is 0 Å². The summed E-state index contributed by atoms with van der Waals surface area (Å²) in [6.45, 7) is 13.8. The fourth-order valence-corrected chi connectivity index (χ4v) is 9.68. The maximum atomic E-state index is 4.95. The molecule has 12 rings (SSSR count). The third-order valence-electron chi connectivity index (χ3n) is 12.7. The molecule has 10 heteroatoms. The number of rotatable bonds is 6. The summed E-state index contributed by atoms with van der Waals surface area (Å²) in [5.41, 5.74) is 13.9. The standard InChI is InChI=1S/C56H44N10/c1-55(2,3)41-27-51(65(33-23-47-43(61-29-33)11-7-19-57-47)34-24-48-44(62-30-34)12-8-20-58-48)39-18-16-38-42(56(4,5)6)28-52(40-17-15-37(41)53(39)54(38)40)66(35-25-49-45(63-31-35)13-9-21-59-49)36-26-50-46(64-32-36)14-10-22-60-50/h7-32H,1-6H3. The highest BCUT2D eigenvalue weighted by atomic mass is 15.2. The highest BCUT2D eigenvalue weighted by molar-refractivity contribution is 6.29. The number of hydrogen-bond acceptors (Lipinski definition) is 10. The Labute approximate surface area is 381 Å². The fourth-order valence-electron chi connectivity index (χ4n) is 9.68. The molecule has 12 aromatic rings. The lowest BCUT2D eigenvalue weighted by molar-refractivity contribution is 0.595. The van der Waals surface area contributed by atoms with Crippen molar-refractivity contribution in [1.29, 1.82) is 0 Å². The summed E-state index contributed by atoms with van der Waals surface area (Å²) in [5.74, 6) is 0. The van der Waals surface area contributed by atoms with Crippen molar-refractivity contribution >= 4 is 111 Å². The van der Waals surface area contributed by atoms with Gasteiger partial charge in [0.1, 0.15) is 0 Å². The molecule has 0 bridgehead atoms. The van der Waals surface area contributed by atoms with Crippen LogP contribution in [-0.4, -0.2) is 39.9 Å². The Hall–Kier alpha value is -8.24. The highest BCUT2D eigenvalue weighted by Gasteiger charge is 2.30. The minimum absolute atomic E-state index is 0.246. The summed E-state index contributed by atoms with van der Waals surface area (Å²) in [4.78, 5) is 43.4. The second-order valence-electron chi connectivity index (χ2n) is 19.1. The number of aromatic nitrogens is 8. The van der Waals surface area contributed by atoms with Gasteiger partial charge in [-0.3, -0.25) is 39.9 Å². The van der Waals surface area contributed by atoms with E-state index in [1.807, 2.05) is 98.1 Å². The number of anilines is 6. The first-order valence-electron chi connectivity index (χ1n) is 22.2. The maximum absolute atomic E-state index is 4.95. The lowest BCUT2D eigenvalue weighted by Gasteiger charge is -2.33. The van der Waals surface area contributed by atoms with Gasteiger partial charge in [0, 0.05) is 35.6 Å². The molecule has 0 radical (unpaired) electrons. The number of nitrogens with zero attached hydrogens (tertiary/aromatic N) is 10. The first-order valence-corrected chi connectivity index (χ1v) is 22.2. The Morgan fingerprint density at radius 2 is 0.606 bits per heavy atom. The smallest absolute Gasteiger partial charge is 0.0907 e. The Morgan fingerprint density at radius 3 is 0.894 bits per heavy atom. The molecule has 318 valence electrons. The number of hydrogen-bond donors (Lipinski definition) is 0. The molecule has 0 fully saturated rings. The van der Waals surface area contributed by atoms with E-state index in [-0.39, 0.29) is 10.8 Å². The van der Waals surface area contributed by atoms with Crippen molar-refractivity contribution in [3.63, 3.8) is 0 Å². The van der Waals surface area contributed by atoms with Crippen LogP contribution in [0.4, 0.5) is 34.1 Å². The van der Waals surface area contributed by atoms with Gasteiger partial charge in [-0.15, -0.1) is 0 Å². The molecule has 0 aliphatic rings. The van der Waals surface area contributed by atoms with Crippen LogP contribution < -0.4 is 9.80 Å². The molecule has 0 aliphatic carbocycles. The summed E-state index contributed by atoms with van der Waals surface area (Å²) < 4.78 is 0. The summed E-state index contributed by atoms with van der Waals surface area (Å²) >= 11 is 0. The molecule has 0 atom stereocenters. The molecule has 0 spiro atoms. The van der Waals surface area contributed by atoms with Crippen molar-refractivity contribution in [3.05, 3.63) is 170 Å². The Morgan fingerprint density at radius 1 is 0.318 bits per heavy atom. The van der Waals surface area contributed by atoms with E-state index in [4.69, 9.17) is 39.9 Å².